The third-order valence-corrected chi connectivity index (χ3v) is 6.55. The van der Waals surface area contributed by atoms with Crippen molar-refractivity contribution in [1.29, 1.82) is 0 Å². The molecular formula is C24H16FIN6O3. The lowest BCUT2D eigenvalue weighted by Gasteiger charge is -2.33. The van der Waals surface area contributed by atoms with Crippen LogP contribution in [0.2, 0.25) is 0 Å². The van der Waals surface area contributed by atoms with E-state index < -0.39 is 20.7 Å². The molecule has 4 aromatic rings. The molecule has 5 rings (SSSR count). The number of amides is 1. The molecular weight excluding hydrogens is 566 g/mol. The normalized spacial score (nSPS) is 14.7. The number of aromatic nitrogens is 2. The second kappa shape index (κ2) is 9.25. The summed E-state index contributed by atoms with van der Waals surface area (Å²) in [5.41, 5.74) is 6.07. The first-order valence-electron chi connectivity index (χ1n) is 10.4. The van der Waals surface area contributed by atoms with Crippen molar-refractivity contribution in [3.63, 3.8) is 0 Å². The van der Waals surface area contributed by atoms with E-state index >= 15 is 0 Å². The molecule has 0 aliphatic carbocycles. The number of aliphatic imine (C=N–C) groups is 1. The van der Waals surface area contributed by atoms with Crippen LogP contribution >= 0.6 is 22.6 Å². The van der Waals surface area contributed by atoms with Crippen LogP contribution in [0, 0.1) is 15.9 Å². The second-order valence-corrected chi connectivity index (χ2v) is 8.78. The molecule has 0 radical (unpaired) electrons. The van der Waals surface area contributed by atoms with Crippen LogP contribution in [0.5, 0.6) is 0 Å². The largest absolute Gasteiger partial charge is 0.277 e. The zero-order valence-corrected chi connectivity index (χ0v) is 20.0. The number of alkyl halides is 1. The first-order chi connectivity index (χ1) is 16.9. The highest BCUT2D eigenvalue weighted by Gasteiger charge is 2.34. The van der Waals surface area contributed by atoms with Crippen LogP contribution in [-0.2, 0) is 0 Å². The lowest BCUT2D eigenvalue weighted by atomic mass is 10.1. The Morgan fingerprint density at radius 2 is 1.77 bits per heavy atom. The van der Waals surface area contributed by atoms with Crippen molar-refractivity contribution in [1.82, 2.24) is 20.6 Å². The molecule has 0 bridgehead atoms. The van der Waals surface area contributed by atoms with E-state index in [0.29, 0.717) is 28.5 Å². The molecule has 0 saturated heterocycles. The van der Waals surface area contributed by atoms with E-state index in [4.69, 9.17) is 4.99 Å². The summed E-state index contributed by atoms with van der Waals surface area (Å²) >= 11 is 2.13. The molecule has 9 nitrogen and oxygen atoms in total. The Kier molecular flexibility index (Phi) is 5.99. The van der Waals surface area contributed by atoms with Gasteiger partial charge in [0.05, 0.1) is 10.6 Å². The van der Waals surface area contributed by atoms with Gasteiger partial charge >= 0.3 is 0 Å². The van der Waals surface area contributed by atoms with Gasteiger partial charge in [0, 0.05) is 28.8 Å². The van der Waals surface area contributed by atoms with Crippen LogP contribution in [0.15, 0.2) is 83.9 Å². The van der Waals surface area contributed by atoms with E-state index in [9.17, 15) is 19.3 Å². The van der Waals surface area contributed by atoms with Crippen molar-refractivity contribution in [2.24, 2.45) is 4.99 Å². The Balaban J connectivity index is 1.61. The second-order valence-electron chi connectivity index (χ2n) is 7.60. The zero-order valence-electron chi connectivity index (χ0n) is 17.9. The molecule has 2 N–H and O–H groups in total. The molecule has 35 heavy (non-hydrogen) atoms. The monoisotopic (exact) mass is 582 g/mol. The summed E-state index contributed by atoms with van der Waals surface area (Å²) in [6, 6.07) is 20.6. The van der Waals surface area contributed by atoms with Crippen LogP contribution in [-0.4, -0.2) is 31.9 Å². The van der Waals surface area contributed by atoms with Gasteiger partial charge in [-0.1, -0.05) is 42.5 Å². The summed E-state index contributed by atoms with van der Waals surface area (Å²) in [6.07, 6.45) is 0. The third kappa shape index (κ3) is 4.37. The lowest BCUT2D eigenvalue weighted by Crippen LogP contribution is -2.48. The average Bonchev–Trinajstić information content (AvgIpc) is 3.31. The summed E-state index contributed by atoms with van der Waals surface area (Å²) in [5, 5.41) is 20.4. The molecule has 0 fully saturated rings. The number of rotatable bonds is 5. The van der Waals surface area contributed by atoms with Crippen molar-refractivity contribution in [2.75, 3.05) is 0 Å². The fraction of sp³-hybridized carbons (Fsp3) is 0.0417. The Hall–Kier alpha value is -4.13. The highest BCUT2D eigenvalue weighted by molar-refractivity contribution is 14.1. The van der Waals surface area contributed by atoms with Gasteiger partial charge in [0.2, 0.25) is 0 Å². The van der Waals surface area contributed by atoms with E-state index in [1.165, 1.54) is 41.4 Å². The summed E-state index contributed by atoms with van der Waals surface area (Å²) in [4.78, 5) is 28.7. The summed E-state index contributed by atoms with van der Waals surface area (Å²) < 4.78 is 12.9. The number of nitrogens with zero attached hydrogens (tertiary/aromatic N) is 4. The van der Waals surface area contributed by atoms with E-state index in [0.717, 1.165) is 5.56 Å². The number of fused-ring (bicyclic) bond motifs is 1. The number of hydrogen-bond donors (Lipinski definition) is 2. The van der Waals surface area contributed by atoms with E-state index in [2.05, 4.69) is 38.2 Å². The van der Waals surface area contributed by atoms with Gasteiger partial charge in [-0.3, -0.25) is 25.4 Å². The number of carbonyl (C=O) groups is 1. The fourth-order valence-electron chi connectivity index (χ4n) is 3.67. The molecule has 1 aromatic heterocycles. The highest BCUT2D eigenvalue weighted by Crippen LogP contribution is 2.43. The number of aromatic amines is 1. The number of hydrazine groups is 1. The molecule has 1 atom stereocenters. The number of hydrogen-bond acceptors (Lipinski definition) is 6. The maximum absolute atomic E-state index is 13.3. The number of benzene rings is 3. The van der Waals surface area contributed by atoms with Gasteiger partial charge in [0.15, 0.2) is 5.84 Å². The Labute approximate surface area is 212 Å². The molecule has 0 saturated carbocycles. The minimum Gasteiger partial charge on any atom is -0.277 e. The van der Waals surface area contributed by atoms with Gasteiger partial charge < -0.3 is 0 Å². The minimum atomic E-state index is -0.492. The van der Waals surface area contributed by atoms with E-state index in [1.54, 1.807) is 12.1 Å². The first kappa shape index (κ1) is 22.7. The molecule has 11 heteroatoms. The third-order valence-electron chi connectivity index (χ3n) is 5.37. The SMILES string of the molecule is O=C(NN1C(c2cccc([N+](=O)[O-])c2)=Nc2c(-c3ccccc3)n[nH]c2C1I)c1ccc(F)cc1. The lowest BCUT2D eigenvalue weighted by molar-refractivity contribution is -0.384. The predicted molar refractivity (Wildman–Crippen MR) is 136 cm³/mol. The molecule has 3 aromatic carbocycles. The maximum atomic E-state index is 13.3. The minimum absolute atomic E-state index is 0.110. The van der Waals surface area contributed by atoms with Gasteiger partial charge in [-0.2, -0.15) is 5.10 Å². The number of non-ortho nitro benzene ring substituents is 1. The van der Waals surface area contributed by atoms with E-state index in [-0.39, 0.29) is 11.3 Å². The Morgan fingerprint density at radius 1 is 1.06 bits per heavy atom. The van der Waals surface area contributed by atoms with Gasteiger partial charge in [-0.25, -0.2) is 14.4 Å². The van der Waals surface area contributed by atoms with Crippen molar-refractivity contribution in [2.45, 2.75) is 4.05 Å². The topological polar surface area (TPSA) is 117 Å². The number of H-pyrrole nitrogens is 1. The summed E-state index contributed by atoms with van der Waals surface area (Å²) in [6.45, 7) is 0. The standard InChI is InChI=1S/C24H16FIN6O3/c25-17-11-9-15(10-12-17)24(33)30-31-22(26)21-20(19(28-29-21)14-5-2-1-3-6-14)27-23(31)16-7-4-8-18(13-16)32(34)35/h1-13,22H,(H,28,29)(H,30,33). The van der Waals surface area contributed by atoms with Crippen LogP contribution in [0.1, 0.15) is 25.7 Å². The van der Waals surface area contributed by atoms with Crippen LogP contribution in [0.4, 0.5) is 15.8 Å². The van der Waals surface area contributed by atoms with Crippen LogP contribution in [0.3, 0.4) is 0 Å². The number of nitro benzene ring substituents is 1. The van der Waals surface area contributed by atoms with Crippen molar-refractivity contribution >= 4 is 45.7 Å². The first-order valence-corrected chi connectivity index (χ1v) is 11.6. The number of carbonyl (C=O) groups excluding carboxylic acids is 1. The van der Waals surface area contributed by atoms with Crippen LogP contribution in [0.25, 0.3) is 11.3 Å². The van der Waals surface area contributed by atoms with Gasteiger partial charge in [0.1, 0.15) is 21.2 Å². The molecule has 1 aliphatic heterocycles. The summed E-state index contributed by atoms with van der Waals surface area (Å²) in [7, 11) is 0. The molecule has 174 valence electrons. The molecule has 1 unspecified atom stereocenters. The van der Waals surface area contributed by atoms with Gasteiger partial charge in [-0.15, -0.1) is 0 Å². The average molecular weight is 582 g/mol. The fourth-order valence-corrected chi connectivity index (χ4v) is 4.51. The predicted octanol–water partition coefficient (Wildman–Crippen LogP) is 5.30. The summed E-state index contributed by atoms with van der Waals surface area (Å²) in [5.74, 6) is -0.647. The Bertz CT molecular complexity index is 1460. The van der Waals surface area contributed by atoms with Crippen molar-refractivity contribution < 1.29 is 14.1 Å². The van der Waals surface area contributed by atoms with Gasteiger partial charge in [0.25, 0.3) is 11.6 Å². The maximum Gasteiger partial charge on any atom is 0.270 e. The van der Waals surface area contributed by atoms with Crippen molar-refractivity contribution in [3.8, 4) is 11.3 Å². The molecule has 0 spiro atoms. The highest BCUT2D eigenvalue weighted by atomic mass is 127. The van der Waals surface area contributed by atoms with Gasteiger partial charge in [-0.05, 0) is 46.9 Å². The number of nitrogens with one attached hydrogen (secondary N) is 2. The van der Waals surface area contributed by atoms with E-state index in [1.807, 2.05) is 30.3 Å². The quantitative estimate of drug-likeness (QED) is 0.109. The van der Waals surface area contributed by atoms with Crippen LogP contribution < -0.4 is 5.43 Å². The van der Waals surface area contributed by atoms with Crippen molar-refractivity contribution in [3.05, 3.63) is 112 Å². The number of nitro groups is 1. The smallest absolute Gasteiger partial charge is 0.270 e. The molecule has 1 amide bonds. The Morgan fingerprint density at radius 3 is 2.49 bits per heavy atom. The zero-order chi connectivity index (χ0) is 24.5. The molecule has 2 heterocycles. The molecule has 1 aliphatic rings. The number of halogens is 2. The number of amidine groups is 1.